The largest absolute Gasteiger partial charge is 0.507 e. The maximum absolute atomic E-state index is 10.6. The van der Waals surface area contributed by atoms with Crippen molar-refractivity contribution >= 4 is 0 Å². The molecule has 1 N–H and O–H groups in total. The molecule has 170 valence electrons. The van der Waals surface area contributed by atoms with Crippen LogP contribution in [0.25, 0.3) is 0 Å². The summed E-state index contributed by atoms with van der Waals surface area (Å²) in [5, 5.41) is 10.6. The molecule has 2 heteroatoms. The van der Waals surface area contributed by atoms with E-state index in [2.05, 4.69) is 77.9 Å². The van der Waals surface area contributed by atoms with Crippen molar-refractivity contribution in [1.29, 1.82) is 0 Å². The molecule has 0 amide bonds. The lowest BCUT2D eigenvalue weighted by Gasteiger charge is -2.25. The van der Waals surface area contributed by atoms with Crippen LogP contribution in [-0.2, 0) is 12.0 Å². The van der Waals surface area contributed by atoms with E-state index in [0.717, 1.165) is 30.5 Å². The molecular formula is C28H47NO. The van der Waals surface area contributed by atoms with Gasteiger partial charge in [0, 0.05) is 18.9 Å². The van der Waals surface area contributed by atoms with E-state index >= 15 is 0 Å². The van der Waals surface area contributed by atoms with Crippen LogP contribution >= 0.6 is 0 Å². The fourth-order valence-electron chi connectivity index (χ4n) is 3.80. The summed E-state index contributed by atoms with van der Waals surface area (Å²) in [7, 11) is 0. The first kappa shape index (κ1) is 26.3. The van der Waals surface area contributed by atoms with Crippen LogP contribution in [0.15, 0.2) is 35.7 Å². The molecule has 0 heterocycles. The van der Waals surface area contributed by atoms with Crippen LogP contribution in [0.1, 0.15) is 117 Å². The lowest BCUT2D eigenvalue weighted by Crippen LogP contribution is -2.15. The quantitative estimate of drug-likeness (QED) is 0.370. The Morgan fingerprint density at radius 3 is 1.80 bits per heavy atom. The van der Waals surface area contributed by atoms with E-state index < -0.39 is 0 Å². The van der Waals surface area contributed by atoms with Crippen LogP contribution in [0.2, 0.25) is 0 Å². The highest BCUT2D eigenvalue weighted by Crippen LogP contribution is 2.34. The van der Waals surface area contributed by atoms with Gasteiger partial charge in [-0.05, 0) is 73.6 Å². The first-order chi connectivity index (χ1) is 14.2. The maximum Gasteiger partial charge on any atom is 0.122 e. The van der Waals surface area contributed by atoms with Crippen LogP contribution < -0.4 is 0 Å². The van der Waals surface area contributed by atoms with Crippen molar-refractivity contribution in [3.8, 4) is 5.75 Å². The molecule has 0 aromatic heterocycles. The van der Waals surface area contributed by atoms with Crippen molar-refractivity contribution in [1.82, 2.24) is 4.90 Å². The Kier molecular flexibility index (Phi) is 11.3. The number of unbranched alkanes of at least 4 members (excludes halogenated alkanes) is 2. The van der Waals surface area contributed by atoms with Gasteiger partial charge < -0.3 is 10.0 Å². The lowest BCUT2D eigenvalue weighted by atomic mass is 9.84. The van der Waals surface area contributed by atoms with E-state index in [1.165, 1.54) is 55.2 Å². The summed E-state index contributed by atoms with van der Waals surface area (Å²) >= 11 is 0. The lowest BCUT2D eigenvalue weighted by molar-refractivity contribution is 0.439. The molecule has 0 aliphatic rings. The summed E-state index contributed by atoms with van der Waals surface area (Å²) in [4.78, 5) is 2.40. The van der Waals surface area contributed by atoms with Crippen LogP contribution in [0, 0.1) is 6.92 Å². The fraction of sp³-hybridized carbons (Fsp3) is 0.643. The van der Waals surface area contributed by atoms with Gasteiger partial charge in [0.1, 0.15) is 5.75 Å². The number of rotatable bonds is 12. The summed E-state index contributed by atoms with van der Waals surface area (Å²) in [5.41, 5.74) is 6.23. The van der Waals surface area contributed by atoms with Gasteiger partial charge in [0.25, 0.3) is 0 Å². The van der Waals surface area contributed by atoms with Crippen molar-refractivity contribution in [3.63, 3.8) is 0 Å². The maximum atomic E-state index is 10.6. The zero-order valence-corrected chi connectivity index (χ0v) is 21.1. The molecular weight excluding hydrogens is 366 g/mol. The number of phenols is 1. The third kappa shape index (κ3) is 8.58. The molecule has 2 nitrogen and oxygen atoms in total. The van der Waals surface area contributed by atoms with Crippen LogP contribution in [0.3, 0.4) is 0 Å². The zero-order chi connectivity index (χ0) is 22.7. The number of aromatic hydroxyl groups is 1. The Morgan fingerprint density at radius 1 is 0.900 bits per heavy atom. The van der Waals surface area contributed by atoms with Crippen molar-refractivity contribution in [2.75, 3.05) is 0 Å². The normalized spacial score (nSPS) is 13.1. The summed E-state index contributed by atoms with van der Waals surface area (Å²) in [6.07, 6.45) is 14.3. The fourth-order valence-corrected chi connectivity index (χ4v) is 3.80. The smallest absolute Gasteiger partial charge is 0.122 e. The number of phenolic OH excluding ortho intramolecular Hbond substituents is 1. The van der Waals surface area contributed by atoms with Gasteiger partial charge >= 0.3 is 0 Å². The van der Waals surface area contributed by atoms with Gasteiger partial charge in [-0.25, -0.2) is 0 Å². The summed E-state index contributed by atoms with van der Waals surface area (Å²) in [5.74, 6) is 0.443. The number of aryl methyl sites for hydroxylation is 1. The standard InChI is InChI=1S/C28H47NO/c1-9-13-15-23(11-3)19-29(20-24(12-4)16-14-10-2)21-25-17-22(5)27(30)26(18-25)28(6,7)8/h17-20,30H,9-16,21H2,1-8H3. The first-order valence-electron chi connectivity index (χ1n) is 12.1. The highest BCUT2D eigenvalue weighted by molar-refractivity contribution is 5.46. The Bertz CT molecular complexity index is 680. The molecule has 30 heavy (non-hydrogen) atoms. The predicted molar refractivity (Wildman–Crippen MR) is 133 cm³/mol. The predicted octanol–water partition coefficient (Wildman–Crippen LogP) is 8.77. The minimum absolute atomic E-state index is 0.0766. The number of benzene rings is 1. The van der Waals surface area contributed by atoms with Gasteiger partial charge in [0.15, 0.2) is 0 Å². The number of hydrogen-bond donors (Lipinski definition) is 1. The Balaban J connectivity index is 3.33. The second-order valence-electron chi connectivity index (χ2n) is 9.72. The molecule has 0 atom stereocenters. The molecule has 0 saturated heterocycles. The molecule has 1 rings (SSSR count). The minimum atomic E-state index is -0.0766. The molecule has 0 unspecified atom stereocenters. The first-order valence-corrected chi connectivity index (χ1v) is 12.1. The Hall–Kier alpha value is -1.70. The molecule has 0 bridgehead atoms. The van der Waals surface area contributed by atoms with Gasteiger partial charge in [-0.1, -0.05) is 78.5 Å². The van der Waals surface area contributed by atoms with Crippen LogP contribution in [-0.4, -0.2) is 10.0 Å². The van der Waals surface area contributed by atoms with Gasteiger partial charge in [0.2, 0.25) is 0 Å². The van der Waals surface area contributed by atoms with E-state index in [0.29, 0.717) is 5.75 Å². The van der Waals surface area contributed by atoms with Crippen LogP contribution in [0.4, 0.5) is 0 Å². The zero-order valence-electron chi connectivity index (χ0n) is 21.1. The van der Waals surface area contributed by atoms with E-state index in [1.807, 2.05) is 6.92 Å². The minimum Gasteiger partial charge on any atom is -0.507 e. The summed E-state index contributed by atoms with van der Waals surface area (Å²) < 4.78 is 0. The van der Waals surface area contributed by atoms with E-state index in [9.17, 15) is 5.11 Å². The third-order valence-electron chi connectivity index (χ3n) is 5.84. The van der Waals surface area contributed by atoms with Gasteiger partial charge in [0.05, 0.1) is 0 Å². The third-order valence-corrected chi connectivity index (χ3v) is 5.84. The van der Waals surface area contributed by atoms with Gasteiger partial charge in [-0.15, -0.1) is 0 Å². The number of hydrogen-bond acceptors (Lipinski definition) is 2. The molecule has 0 saturated carbocycles. The molecule has 0 fully saturated rings. The molecule has 1 aromatic rings. The average molecular weight is 414 g/mol. The van der Waals surface area contributed by atoms with Gasteiger partial charge in [-0.2, -0.15) is 0 Å². The van der Waals surface area contributed by atoms with E-state index in [4.69, 9.17) is 0 Å². The second kappa shape index (κ2) is 12.9. The molecule has 1 aromatic carbocycles. The topological polar surface area (TPSA) is 23.5 Å². The molecule has 0 spiro atoms. The van der Waals surface area contributed by atoms with E-state index in [-0.39, 0.29) is 5.41 Å². The number of nitrogens with zero attached hydrogens (tertiary/aromatic N) is 1. The SMILES string of the molecule is CCCCC(=CN(C=C(CC)CCCC)Cc1cc(C)c(O)c(C(C)(C)C)c1)CC. The molecule has 0 aliphatic heterocycles. The Morgan fingerprint density at radius 2 is 1.40 bits per heavy atom. The molecule has 0 aliphatic carbocycles. The highest BCUT2D eigenvalue weighted by Gasteiger charge is 2.20. The van der Waals surface area contributed by atoms with Crippen molar-refractivity contribution < 1.29 is 5.11 Å². The van der Waals surface area contributed by atoms with Crippen molar-refractivity contribution in [2.45, 2.75) is 119 Å². The summed E-state index contributed by atoms with van der Waals surface area (Å²) in [6, 6.07) is 4.35. The Labute approximate surface area is 187 Å². The van der Waals surface area contributed by atoms with Crippen molar-refractivity contribution in [2.24, 2.45) is 0 Å². The molecule has 0 radical (unpaired) electrons. The van der Waals surface area contributed by atoms with Crippen LogP contribution in [0.5, 0.6) is 5.75 Å². The highest BCUT2D eigenvalue weighted by atomic mass is 16.3. The monoisotopic (exact) mass is 413 g/mol. The van der Waals surface area contributed by atoms with Gasteiger partial charge in [-0.3, -0.25) is 0 Å². The second-order valence-corrected chi connectivity index (χ2v) is 9.72. The van der Waals surface area contributed by atoms with Crippen molar-refractivity contribution in [3.05, 3.63) is 52.4 Å². The number of allylic oxidation sites excluding steroid dienone is 2. The van der Waals surface area contributed by atoms with E-state index in [1.54, 1.807) is 0 Å². The average Bonchev–Trinajstić information content (AvgIpc) is 2.69. The summed E-state index contributed by atoms with van der Waals surface area (Å²) in [6.45, 7) is 18.4.